The summed E-state index contributed by atoms with van der Waals surface area (Å²) in [4.78, 5) is 9.61. The van der Waals surface area contributed by atoms with Gasteiger partial charge in [-0.05, 0) is 47.6 Å². The highest BCUT2D eigenvalue weighted by Crippen LogP contribution is 2.36. The molecule has 1 aliphatic carbocycles. The molecule has 4 nitrogen and oxygen atoms in total. The molecule has 0 radical (unpaired) electrons. The van der Waals surface area contributed by atoms with Crippen LogP contribution in [0.5, 0.6) is 0 Å². The summed E-state index contributed by atoms with van der Waals surface area (Å²) < 4.78 is 0. The summed E-state index contributed by atoms with van der Waals surface area (Å²) in [5.74, 6) is 0.862. The zero-order valence-corrected chi connectivity index (χ0v) is 19.9. The molecule has 6 rings (SSSR count). The van der Waals surface area contributed by atoms with Crippen LogP contribution < -0.4 is 5.43 Å². The van der Waals surface area contributed by atoms with Crippen LogP contribution in [0.1, 0.15) is 29.9 Å². The molecule has 4 heteroatoms. The van der Waals surface area contributed by atoms with Crippen LogP contribution in [-0.2, 0) is 0 Å². The van der Waals surface area contributed by atoms with Crippen LogP contribution in [0.3, 0.4) is 0 Å². The standard InChI is InChI=1S/C32H26N4/c1-4-12-23(13-5-1)26-20-27(24-14-6-2-7-15-24)22-28(21-26)35-36-32-33-30-19-11-10-18-29(30)31(34-32)25-16-8-3-9-17-25/h1-19,21,27H,20,22H2,(H,33,34,36)/b35-28+. The van der Waals surface area contributed by atoms with E-state index < -0.39 is 0 Å². The van der Waals surface area contributed by atoms with E-state index in [0.717, 1.165) is 40.7 Å². The average Bonchev–Trinajstić information content (AvgIpc) is 2.97. The molecule has 1 heterocycles. The number of hydrogen-bond acceptors (Lipinski definition) is 4. The lowest BCUT2D eigenvalue weighted by molar-refractivity contribution is 0.731. The van der Waals surface area contributed by atoms with Gasteiger partial charge in [-0.15, -0.1) is 0 Å². The largest absolute Gasteiger partial charge is 0.245 e. The maximum atomic E-state index is 4.86. The van der Waals surface area contributed by atoms with Gasteiger partial charge in [-0.2, -0.15) is 5.10 Å². The number of aromatic nitrogens is 2. The summed E-state index contributed by atoms with van der Waals surface area (Å²) in [7, 11) is 0. The molecule has 0 spiro atoms. The molecule has 174 valence electrons. The van der Waals surface area contributed by atoms with E-state index in [1.165, 1.54) is 16.7 Å². The van der Waals surface area contributed by atoms with E-state index in [0.29, 0.717) is 11.9 Å². The number of nitrogens with one attached hydrogen (secondary N) is 1. The van der Waals surface area contributed by atoms with Crippen molar-refractivity contribution in [2.24, 2.45) is 5.10 Å². The highest BCUT2D eigenvalue weighted by atomic mass is 15.4. The number of hydrogen-bond donors (Lipinski definition) is 1. The van der Waals surface area contributed by atoms with Crippen molar-refractivity contribution >= 4 is 28.1 Å². The third-order valence-electron chi connectivity index (χ3n) is 6.63. The monoisotopic (exact) mass is 466 g/mol. The van der Waals surface area contributed by atoms with Crippen LogP contribution in [0.2, 0.25) is 0 Å². The second-order valence-corrected chi connectivity index (χ2v) is 9.05. The smallest absolute Gasteiger partial charge is 0.244 e. The van der Waals surface area contributed by atoms with Gasteiger partial charge in [0.25, 0.3) is 0 Å². The molecule has 0 saturated heterocycles. The van der Waals surface area contributed by atoms with E-state index in [4.69, 9.17) is 15.1 Å². The van der Waals surface area contributed by atoms with Crippen LogP contribution in [0.25, 0.3) is 27.7 Å². The molecule has 1 aromatic heterocycles. The quantitative estimate of drug-likeness (QED) is 0.270. The zero-order valence-electron chi connectivity index (χ0n) is 19.9. The Labute approximate surface area is 211 Å². The van der Waals surface area contributed by atoms with Crippen molar-refractivity contribution < 1.29 is 0 Å². The number of benzene rings is 4. The average molecular weight is 467 g/mol. The molecule has 1 N–H and O–H groups in total. The summed E-state index contributed by atoms with van der Waals surface area (Å²) in [5.41, 5.74) is 10.9. The molecule has 1 atom stereocenters. The van der Waals surface area contributed by atoms with Gasteiger partial charge in [0.05, 0.1) is 16.9 Å². The van der Waals surface area contributed by atoms with Crippen LogP contribution >= 0.6 is 0 Å². The lowest BCUT2D eigenvalue weighted by Gasteiger charge is -2.24. The first-order valence-corrected chi connectivity index (χ1v) is 12.3. The fourth-order valence-corrected chi connectivity index (χ4v) is 4.87. The number of hydrazone groups is 1. The molecule has 0 fully saturated rings. The minimum Gasteiger partial charge on any atom is -0.245 e. The fraction of sp³-hybridized carbons (Fsp3) is 0.0938. The molecule has 4 aromatic carbocycles. The normalized spacial score (nSPS) is 16.6. The lowest BCUT2D eigenvalue weighted by Crippen LogP contribution is -2.14. The molecular weight excluding hydrogens is 440 g/mol. The molecule has 5 aromatic rings. The second-order valence-electron chi connectivity index (χ2n) is 9.05. The predicted molar refractivity (Wildman–Crippen MR) is 149 cm³/mol. The number of rotatable bonds is 5. The van der Waals surface area contributed by atoms with Crippen molar-refractivity contribution in [3.63, 3.8) is 0 Å². The lowest BCUT2D eigenvalue weighted by atomic mass is 9.81. The van der Waals surface area contributed by atoms with Gasteiger partial charge >= 0.3 is 0 Å². The minimum atomic E-state index is 0.365. The van der Waals surface area contributed by atoms with E-state index in [1.54, 1.807) is 0 Å². The molecule has 0 amide bonds. The fourth-order valence-electron chi connectivity index (χ4n) is 4.87. The highest BCUT2D eigenvalue weighted by Gasteiger charge is 2.22. The van der Waals surface area contributed by atoms with Crippen molar-refractivity contribution in [3.05, 3.63) is 132 Å². The molecule has 0 bridgehead atoms. The molecular formula is C32H26N4. The second kappa shape index (κ2) is 9.96. The third-order valence-corrected chi connectivity index (χ3v) is 6.63. The number of anilines is 1. The van der Waals surface area contributed by atoms with E-state index in [2.05, 4.69) is 90.4 Å². The van der Waals surface area contributed by atoms with Crippen molar-refractivity contribution in [1.82, 2.24) is 9.97 Å². The topological polar surface area (TPSA) is 50.2 Å². The Hall–Kier alpha value is -4.57. The Morgan fingerprint density at radius 1 is 0.639 bits per heavy atom. The first kappa shape index (κ1) is 21.9. The molecule has 1 aliphatic rings. The van der Waals surface area contributed by atoms with Gasteiger partial charge in [-0.3, -0.25) is 0 Å². The SMILES string of the molecule is C1=C(c2ccccc2)CC(c2ccccc2)C/C1=N/Nc1nc(-c2ccccc2)c2ccccc2n1. The van der Waals surface area contributed by atoms with E-state index in [1.807, 2.05) is 36.4 Å². The van der Waals surface area contributed by atoms with Gasteiger partial charge in [0.2, 0.25) is 5.95 Å². The molecule has 36 heavy (non-hydrogen) atoms. The van der Waals surface area contributed by atoms with Gasteiger partial charge in [-0.1, -0.05) is 109 Å². The van der Waals surface area contributed by atoms with Crippen molar-refractivity contribution in [3.8, 4) is 11.3 Å². The predicted octanol–water partition coefficient (Wildman–Crippen LogP) is 7.73. The van der Waals surface area contributed by atoms with E-state index in [-0.39, 0.29) is 0 Å². The Balaban J connectivity index is 1.37. The van der Waals surface area contributed by atoms with Crippen molar-refractivity contribution in [1.29, 1.82) is 0 Å². The maximum absolute atomic E-state index is 4.86. The van der Waals surface area contributed by atoms with Crippen LogP contribution in [0.15, 0.2) is 126 Å². The van der Waals surface area contributed by atoms with Gasteiger partial charge in [0, 0.05) is 10.9 Å². The Bertz CT molecular complexity index is 1540. The van der Waals surface area contributed by atoms with Crippen LogP contribution in [0.4, 0.5) is 5.95 Å². The van der Waals surface area contributed by atoms with Gasteiger partial charge in [0.1, 0.15) is 0 Å². The molecule has 0 saturated carbocycles. The first-order chi connectivity index (χ1) is 17.8. The van der Waals surface area contributed by atoms with Crippen LogP contribution in [0, 0.1) is 0 Å². The summed E-state index contributed by atoms with van der Waals surface area (Å²) >= 11 is 0. The number of allylic oxidation sites excluding steroid dienone is 2. The van der Waals surface area contributed by atoms with Crippen molar-refractivity contribution in [2.75, 3.05) is 5.43 Å². The minimum absolute atomic E-state index is 0.365. The summed E-state index contributed by atoms with van der Waals surface area (Å²) in [5, 5.41) is 5.83. The Morgan fingerprint density at radius 3 is 2.03 bits per heavy atom. The van der Waals surface area contributed by atoms with E-state index >= 15 is 0 Å². The summed E-state index contributed by atoms with van der Waals surface area (Å²) in [6.07, 6.45) is 4.05. The van der Waals surface area contributed by atoms with Crippen LogP contribution in [-0.4, -0.2) is 15.7 Å². The summed E-state index contributed by atoms with van der Waals surface area (Å²) in [6, 6.07) is 39.6. The summed E-state index contributed by atoms with van der Waals surface area (Å²) in [6.45, 7) is 0. The zero-order chi connectivity index (χ0) is 24.2. The highest BCUT2D eigenvalue weighted by molar-refractivity contribution is 6.03. The van der Waals surface area contributed by atoms with Crippen molar-refractivity contribution in [2.45, 2.75) is 18.8 Å². The van der Waals surface area contributed by atoms with Gasteiger partial charge < -0.3 is 0 Å². The molecule has 0 aliphatic heterocycles. The number of para-hydroxylation sites is 1. The Morgan fingerprint density at radius 2 is 1.28 bits per heavy atom. The van der Waals surface area contributed by atoms with E-state index in [9.17, 15) is 0 Å². The number of fused-ring (bicyclic) bond motifs is 1. The molecule has 1 unspecified atom stereocenters. The van der Waals surface area contributed by atoms with Gasteiger partial charge in [-0.25, -0.2) is 15.4 Å². The first-order valence-electron chi connectivity index (χ1n) is 12.3. The maximum Gasteiger partial charge on any atom is 0.244 e. The Kier molecular flexibility index (Phi) is 6.07. The van der Waals surface area contributed by atoms with Gasteiger partial charge in [0.15, 0.2) is 0 Å². The third kappa shape index (κ3) is 4.66. The number of nitrogens with zero attached hydrogens (tertiary/aromatic N) is 3.